The zero-order valence-electron chi connectivity index (χ0n) is 16.3. The Kier molecular flexibility index (Phi) is 12.6. The van der Waals surface area contributed by atoms with Crippen molar-refractivity contribution in [2.75, 3.05) is 0 Å². The third-order valence-corrected chi connectivity index (χ3v) is 5.37. The Balaban J connectivity index is 0. The van der Waals surface area contributed by atoms with Crippen LogP contribution in [0.4, 0.5) is 0 Å². The molecule has 0 unspecified atom stereocenters. The van der Waals surface area contributed by atoms with Gasteiger partial charge in [-0.1, -0.05) is 91.7 Å². The Bertz CT molecular complexity index is 296. The van der Waals surface area contributed by atoms with Crippen molar-refractivity contribution in [3.05, 3.63) is 22.5 Å². The van der Waals surface area contributed by atoms with Gasteiger partial charge in [-0.2, -0.15) is 5.70 Å². The summed E-state index contributed by atoms with van der Waals surface area (Å²) in [7, 11) is -2.42. The van der Waals surface area contributed by atoms with E-state index in [0.29, 0.717) is 0 Å². The smallest absolute Gasteiger partial charge is 0.276 e. The summed E-state index contributed by atoms with van der Waals surface area (Å²) < 4.78 is 0. The molecule has 0 aromatic heterocycles. The first-order valence-electron chi connectivity index (χ1n) is 8.45. The van der Waals surface area contributed by atoms with E-state index in [9.17, 15) is 0 Å². The van der Waals surface area contributed by atoms with E-state index in [-0.39, 0.29) is 18.9 Å². The van der Waals surface area contributed by atoms with E-state index in [1.807, 2.05) is 0 Å². The van der Waals surface area contributed by atoms with Gasteiger partial charge in [0.05, 0.1) is 8.07 Å². The normalized spacial score (nSPS) is 14.1. The average molecular weight is 317 g/mol. The molecule has 0 atom stereocenters. The molecule has 0 saturated carbocycles. The summed E-state index contributed by atoms with van der Waals surface area (Å²) in [5, 5.41) is 0. The van der Waals surface area contributed by atoms with Crippen LogP contribution in [0.2, 0.25) is 39.3 Å². The summed E-state index contributed by atoms with van der Waals surface area (Å²) in [6.45, 7) is 19.2. The molecule has 0 bridgehead atoms. The van der Waals surface area contributed by atoms with Crippen LogP contribution >= 0.6 is 0 Å². The van der Waals surface area contributed by atoms with Crippen LogP contribution in [-0.2, 0) is 0 Å². The van der Waals surface area contributed by atoms with Gasteiger partial charge < -0.3 is 0 Å². The molecule has 0 radical (unpaired) electrons. The van der Waals surface area contributed by atoms with Crippen molar-refractivity contribution in [2.45, 2.75) is 91.7 Å². The van der Waals surface area contributed by atoms with Gasteiger partial charge in [0.1, 0.15) is 0 Å². The van der Waals surface area contributed by atoms with Crippen LogP contribution in [0.15, 0.2) is 16.8 Å². The second kappa shape index (κ2) is 11.1. The summed E-state index contributed by atoms with van der Waals surface area (Å²) in [5.74, 6) is 0. The van der Waals surface area contributed by atoms with Gasteiger partial charge in [0.25, 0.3) is 0 Å². The molecular weight excluding hydrogens is 279 g/mol. The molecule has 118 valence electrons. The van der Waals surface area contributed by atoms with Crippen molar-refractivity contribution in [3.8, 4) is 0 Å². The van der Waals surface area contributed by atoms with E-state index < -0.39 is 16.1 Å². The van der Waals surface area contributed by atoms with Crippen LogP contribution in [0, 0.1) is 5.70 Å². The number of rotatable bonds is 9. The Morgan fingerprint density at radius 1 is 0.857 bits per heavy atom. The molecule has 0 aliphatic rings. The molecule has 3 heteroatoms. The first-order valence-corrected chi connectivity index (χ1v) is 15.5. The minimum Gasteiger partial charge on any atom is -0.276 e. The van der Waals surface area contributed by atoms with E-state index in [1.54, 1.807) is 11.1 Å². The molecule has 0 fully saturated rings. The van der Waals surface area contributed by atoms with Crippen LogP contribution in [0.1, 0.15) is 52.4 Å². The van der Waals surface area contributed by atoms with Crippen LogP contribution in [0.3, 0.4) is 0 Å². The standard InChI is InChI=1S/C18H37Si2.Li/c1-9-11-13-17(15-19(3,4)5)18(14-12-10-2)16-20(6,7)8;/h15H,9-14H2,1-8H3;/q-1;+1/b17-15+;. The second-order valence-electron chi connectivity index (χ2n) is 8.10. The first kappa shape index (κ1) is 23.8. The maximum Gasteiger partial charge on any atom is 1.00 e. The van der Waals surface area contributed by atoms with E-state index in [1.165, 1.54) is 38.5 Å². The summed E-state index contributed by atoms with van der Waals surface area (Å²) in [6, 6.07) is 0. The second-order valence-corrected chi connectivity index (χ2v) is 17.9. The van der Waals surface area contributed by atoms with Crippen LogP contribution in [0.25, 0.3) is 0 Å². The molecular formula is C18H37LiSi2. The van der Waals surface area contributed by atoms with E-state index in [0.717, 1.165) is 0 Å². The van der Waals surface area contributed by atoms with Crippen molar-refractivity contribution in [1.29, 1.82) is 0 Å². The van der Waals surface area contributed by atoms with Gasteiger partial charge in [0, 0.05) is 0 Å². The Morgan fingerprint density at radius 3 is 1.71 bits per heavy atom. The Hall–Kier alpha value is 0.511. The van der Waals surface area contributed by atoms with Crippen LogP contribution in [0.5, 0.6) is 0 Å². The molecule has 0 aromatic carbocycles. The number of allylic oxidation sites excluding steroid dienone is 2. The summed E-state index contributed by atoms with van der Waals surface area (Å²) in [5.41, 5.74) is 9.78. The maximum atomic E-state index is 3.93. The van der Waals surface area contributed by atoms with Gasteiger partial charge in [-0.05, 0) is 8.07 Å². The minimum absolute atomic E-state index is 0. The molecule has 0 amide bonds. The molecule has 0 nitrogen and oxygen atoms in total. The maximum absolute atomic E-state index is 3.93. The van der Waals surface area contributed by atoms with E-state index in [4.69, 9.17) is 0 Å². The topological polar surface area (TPSA) is 0 Å². The van der Waals surface area contributed by atoms with Gasteiger partial charge in [-0.15, -0.1) is 0 Å². The molecule has 0 aliphatic carbocycles. The molecule has 0 spiro atoms. The molecule has 21 heavy (non-hydrogen) atoms. The number of hydrogen-bond acceptors (Lipinski definition) is 0. The van der Waals surface area contributed by atoms with Crippen molar-refractivity contribution in [2.24, 2.45) is 0 Å². The molecule has 0 saturated heterocycles. The van der Waals surface area contributed by atoms with Gasteiger partial charge >= 0.3 is 18.9 Å². The van der Waals surface area contributed by atoms with E-state index >= 15 is 0 Å². The predicted octanol–water partition coefficient (Wildman–Crippen LogP) is 3.78. The Morgan fingerprint density at radius 2 is 1.33 bits per heavy atom. The first-order chi connectivity index (χ1) is 9.09. The average Bonchev–Trinajstić information content (AvgIpc) is 2.27. The quantitative estimate of drug-likeness (QED) is 0.345. The van der Waals surface area contributed by atoms with Crippen molar-refractivity contribution in [3.63, 3.8) is 0 Å². The van der Waals surface area contributed by atoms with Gasteiger partial charge in [0.15, 0.2) is 0 Å². The molecule has 0 rings (SSSR count). The largest absolute Gasteiger partial charge is 1.00 e. The molecule has 0 aliphatic heterocycles. The van der Waals surface area contributed by atoms with Gasteiger partial charge in [-0.3, -0.25) is 5.70 Å². The van der Waals surface area contributed by atoms with Crippen molar-refractivity contribution >= 4 is 16.1 Å². The monoisotopic (exact) mass is 316 g/mol. The van der Waals surface area contributed by atoms with Crippen molar-refractivity contribution in [1.82, 2.24) is 0 Å². The summed E-state index contributed by atoms with van der Waals surface area (Å²) in [6.07, 6.45) is 7.70. The SMILES string of the molecule is CCCCC(=[C-][Si](C)(C)C)/C(=C/[Si](C)(C)C)CCCC.[Li+]. The minimum atomic E-state index is -1.26. The third kappa shape index (κ3) is 13.9. The van der Waals surface area contributed by atoms with Crippen LogP contribution in [-0.4, -0.2) is 16.1 Å². The zero-order valence-corrected chi connectivity index (χ0v) is 18.3. The third-order valence-electron chi connectivity index (χ3n) is 3.10. The van der Waals surface area contributed by atoms with E-state index in [2.05, 4.69) is 64.5 Å². The summed E-state index contributed by atoms with van der Waals surface area (Å²) in [4.78, 5) is 0. The number of hydrogen-bond donors (Lipinski definition) is 0. The zero-order chi connectivity index (χ0) is 15.8. The fourth-order valence-electron chi connectivity index (χ4n) is 2.31. The number of unbranched alkanes of at least 4 members (excludes halogenated alkanes) is 2. The molecule has 0 aromatic rings. The van der Waals surface area contributed by atoms with Gasteiger partial charge in [0.2, 0.25) is 0 Å². The fraction of sp³-hybridized carbons (Fsp3) is 0.778. The van der Waals surface area contributed by atoms with Crippen molar-refractivity contribution < 1.29 is 18.9 Å². The van der Waals surface area contributed by atoms with Crippen LogP contribution < -0.4 is 18.9 Å². The Labute approximate surface area is 149 Å². The fourth-order valence-corrected chi connectivity index (χ4v) is 4.86. The van der Waals surface area contributed by atoms with Gasteiger partial charge in [-0.25, -0.2) is 11.1 Å². The summed E-state index contributed by atoms with van der Waals surface area (Å²) >= 11 is 0. The molecule has 0 N–H and O–H groups in total. The predicted molar refractivity (Wildman–Crippen MR) is 101 cm³/mol. The molecule has 0 heterocycles.